The van der Waals surface area contributed by atoms with Crippen molar-refractivity contribution in [1.82, 2.24) is 5.32 Å². The van der Waals surface area contributed by atoms with Crippen LogP contribution in [0.25, 0.3) is 5.57 Å². The summed E-state index contributed by atoms with van der Waals surface area (Å²) in [4.78, 5) is 12.3. The number of halogens is 2. The van der Waals surface area contributed by atoms with E-state index in [0.29, 0.717) is 21.9 Å². The fourth-order valence-corrected chi connectivity index (χ4v) is 2.77. The molecule has 1 atom stereocenters. The SMILES string of the molecule is COc1ccccc1/C(C)=C/C(=O)NC(C#N)c1cccc(Cl)c1Cl. The van der Waals surface area contributed by atoms with Crippen LogP contribution in [0.5, 0.6) is 5.75 Å². The second kappa shape index (κ2) is 8.57. The van der Waals surface area contributed by atoms with Gasteiger partial charge in [-0.1, -0.05) is 53.5 Å². The van der Waals surface area contributed by atoms with E-state index in [4.69, 9.17) is 27.9 Å². The van der Waals surface area contributed by atoms with Crippen LogP contribution in [0.15, 0.2) is 48.5 Å². The second-order valence-corrected chi connectivity index (χ2v) is 6.03. The van der Waals surface area contributed by atoms with E-state index in [2.05, 4.69) is 5.32 Å². The lowest BCUT2D eigenvalue weighted by Gasteiger charge is -2.14. The first-order valence-corrected chi connectivity index (χ1v) is 8.19. The summed E-state index contributed by atoms with van der Waals surface area (Å²) in [5.74, 6) is 0.254. The van der Waals surface area contributed by atoms with Crippen LogP contribution in [0.2, 0.25) is 10.0 Å². The van der Waals surface area contributed by atoms with Crippen molar-refractivity contribution in [1.29, 1.82) is 5.26 Å². The van der Waals surface area contributed by atoms with Gasteiger partial charge in [0.1, 0.15) is 11.8 Å². The van der Waals surface area contributed by atoms with Gasteiger partial charge in [-0.2, -0.15) is 5.26 Å². The van der Waals surface area contributed by atoms with Gasteiger partial charge < -0.3 is 10.1 Å². The number of hydrogen-bond acceptors (Lipinski definition) is 3. The summed E-state index contributed by atoms with van der Waals surface area (Å²) in [6, 6.07) is 13.4. The number of hydrogen-bond donors (Lipinski definition) is 1. The molecule has 1 unspecified atom stereocenters. The van der Waals surface area contributed by atoms with Gasteiger partial charge in [-0.15, -0.1) is 0 Å². The average molecular weight is 375 g/mol. The molecule has 6 heteroatoms. The summed E-state index contributed by atoms with van der Waals surface area (Å²) in [5.41, 5.74) is 1.96. The van der Waals surface area contributed by atoms with Crippen LogP contribution < -0.4 is 10.1 Å². The van der Waals surface area contributed by atoms with E-state index in [1.807, 2.05) is 30.3 Å². The van der Waals surface area contributed by atoms with Crippen LogP contribution in [0.1, 0.15) is 24.1 Å². The Labute approximate surface area is 156 Å². The van der Waals surface area contributed by atoms with Gasteiger partial charge in [0.05, 0.1) is 23.2 Å². The van der Waals surface area contributed by atoms with Crippen molar-refractivity contribution in [2.24, 2.45) is 0 Å². The molecule has 25 heavy (non-hydrogen) atoms. The smallest absolute Gasteiger partial charge is 0.245 e. The topological polar surface area (TPSA) is 62.1 Å². The molecule has 2 aromatic carbocycles. The zero-order valence-electron chi connectivity index (χ0n) is 13.7. The predicted molar refractivity (Wildman–Crippen MR) is 99.6 cm³/mol. The van der Waals surface area contributed by atoms with E-state index in [9.17, 15) is 10.1 Å². The lowest BCUT2D eigenvalue weighted by atomic mass is 10.1. The van der Waals surface area contributed by atoms with Crippen LogP contribution in [0.4, 0.5) is 0 Å². The maximum absolute atomic E-state index is 12.3. The number of carbonyl (C=O) groups is 1. The van der Waals surface area contributed by atoms with Crippen LogP contribution in [-0.2, 0) is 4.79 Å². The molecule has 2 rings (SSSR count). The Kier molecular flexibility index (Phi) is 6.46. The van der Waals surface area contributed by atoms with Crippen molar-refractivity contribution < 1.29 is 9.53 Å². The molecule has 1 amide bonds. The zero-order chi connectivity index (χ0) is 18.4. The third kappa shape index (κ3) is 4.54. The number of nitrogens with zero attached hydrogens (tertiary/aromatic N) is 1. The molecule has 2 aromatic rings. The van der Waals surface area contributed by atoms with Crippen LogP contribution in [0.3, 0.4) is 0 Å². The highest BCUT2D eigenvalue weighted by Gasteiger charge is 2.17. The number of benzene rings is 2. The summed E-state index contributed by atoms with van der Waals surface area (Å²) >= 11 is 12.1. The van der Waals surface area contributed by atoms with E-state index in [-0.39, 0.29) is 5.02 Å². The van der Waals surface area contributed by atoms with Gasteiger partial charge in [0.2, 0.25) is 5.91 Å². The molecule has 0 aliphatic carbocycles. The quantitative estimate of drug-likeness (QED) is 0.765. The molecule has 0 spiro atoms. The highest BCUT2D eigenvalue weighted by molar-refractivity contribution is 6.42. The minimum atomic E-state index is -0.902. The second-order valence-electron chi connectivity index (χ2n) is 5.24. The lowest BCUT2D eigenvalue weighted by molar-refractivity contribution is -0.116. The molecule has 0 aliphatic rings. The van der Waals surface area contributed by atoms with Crippen molar-refractivity contribution >= 4 is 34.7 Å². The van der Waals surface area contributed by atoms with Crippen molar-refractivity contribution in [2.45, 2.75) is 13.0 Å². The first kappa shape index (κ1) is 18.9. The molecule has 0 bridgehead atoms. The Balaban J connectivity index is 2.23. The molecule has 0 saturated carbocycles. The summed E-state index contributed by atoms with van der Waals surface area (Å²) in [6.07, 6.45) is 1.42. The fourth-order valence-electron chi connectivity index (χ4n) is 2.35. The van der Waals surface area contributed by atoms with Gasteiger partial charge >= 0.3 is 0 Å². The Bertz CT molecular complexity index is 857. The number of nitrogens with one attached hydrogen (secondary N) is 1. The Morgan fingerprint density at radius 1 is 1.24 bits per heavy atom. The zero-order valence-corrected chi connectivity index (χ0v) is 15.2. The van der Waals surface area contributed by atoms with Gasteiger partial charge in [0, 0.05) is 17.2 Å². The Hall–Kier alpha value is -2.48. The Morgan fingerprint density at radius 3 is 2.64 bits per heavy atom. The molecular formula is C19H16Cl2N2O2. The molecule has 0 heterocycles. The number of amides is 1. The number of carbonyl (C=O) groups excluding carboxylic acids is 1. The molecule has 0 fully saturated rings. The first-order chi connectivity index (χ1) is 12.0. The number of rotatable bonds is 5. The molecule has 128 valence electrons. The van der Waals surface area contributed by atoms with Gasteiger partial charge in [-0.3, -0.25) is 4.79 Å². The average Bonchev–Trinajstić information content (AvgIpc) is 2.62. The Morgan fingerprint density at radius 2 is 1.96 bits per heavy atom. The molecule has 0 aromatic heterocycles. The van der Waals surface area contributed by atoms with Crippen LogP contribution in [0, 0.1) is 11.3 Å². The summed E-state index contributed by atoms with van der Waals surface area (Å²) in [7, 11) is 1.57. The van der Waals surface area contributed by atoms with Crippen molar-refractivity contribution in [3.63, 3.8) is 0 Å². The minimum Gasteiger partial charge on any atom is -0.496 e. The normalized spacial score (nSPS) is 12.2. The summed E-state index contributed by atoms with van der Waals surface area (Å²) in [5, 5.41) is 12.6. The maximum Gasteiger partial charge on any atom is 0.245 e. The minimum absolute atomic E-state index is 0.251. The number of para-hydroxylation sites is 1. The fraction of sp³-hybridized carbons (Fsp3) is 0.158. The third-order valence-electron chi connectivity index (χ3n) is 3.59. The number of allylic oxidation sites excluding steroid dienone is 1. The van der Waals surface area contributed by atoms with Crippen molar-refractivity contribution in [2.75, 3.05) is 7.11 Å². The largest absolute Gasteiger partial charge is 0.496 e. The van der Waals surface area contributed by atoms with E-state index < -0.39 is 11.9 Å². The van der Waals surface area contributed by atoms with E-state index in [0.717, 1.165) is 5.56 Å². The first-order valence-electron chi connectivity index (χ1n) is 7.43. The monoisotopic (exact) mass is 374 g/mol. The van der Waals surface area contributed by atoms with Crippen LogP contribution >= 0.6 is 23.2 Å². The van der Waals surface area contributed by atoms with Crippen molar-refractivity contribution in [3.8, 4) is 11.8 Å². The molecule has 0 saturated heterocycles. The van der Waals surface area contributed by atoms with E-state index >= 15 is 0 Å². The molecule has 0 aliphatic heterocycles. The number of ether oxygens (including phenoxy) is 1. The van der Waals surface area contributed by atoms with Crippen LogP contribution in [-0.4, -0.2) is 13.0 Å². The standard InChI is InChI=1S/C19H16Cl2N2O2/c1-12(13-6-3-4-9-17(13)25-2)10-18(24)23-16(11-22)14-7-5-8-15(20)19(14)21/h3-10,16H,1-2H3,(H,23,24)/b12-10+. The van der Waals surface area contributed by atoms with Crippen molar-refractivity contribution in [3.05, 3.63) is 69.7 Å². The molecule has 0 radical (unpaired) electrons. The lowest BCUT2D eigenvalue weighted by Crippen LogP contribution is -2.26. The van der Waals surface area contributed by atoms with E-state index in [1.54, 1.807) is 32.2 Å². The highest BCUT2D eigenvalue weighted by atomic mass is 35.5. The van der Waals surface area contributed by atoms with E-state index in [1.165, 1.54) is 6.08 Å². The number of nitriles is 1. The van der Waals surface area contributed by atoms with Gasteiger partial charge in [-0.25, -0.2) is 0 Å². The molecule has 4 nitrogen and oxygen atoms in total. The summed E-state index contributed by atoms with van der Waals surface area (Å²) < 4.78 is 5.29. The highest BCUT2D eigenvalue weighted by Crippen LogP contribution is 2.30. The van der Waals surface area contributed by atoms with Gasteiger partial charge in [0.15, 0.2) is 0 Å². The van der Waals surface area contributed by atoms with Gasteiger partial charge in [0.25, 0.3) is 0 Å². The third-order valence-corrected chi connectivity index (χ3v) is 4.42. The number of methoxy groups -OCH3 is 1. The predicted octanol–water partition coefficient (Wildman–Crippen LogP) is 4.79. The molecular weight excluding hydrogens is 359 g/mol. The maximum atomic E-state index is 12.3. The van der Waals surface area contributed by atoms with Gasteiger partial charge in [-0.05, 0) is 24.6 Å². The summed E-state index contributed by atoms with van der Waals surface area (Å²) in [6.45, 7) is 1.80. The molecule has 1 N–H and O–H groups in total.